The van der Waals surface area contributed by atoms with E-state index in [1.165, 1.54) is 5.56 Å². The van der Waals surface area contributed by atoms with Gasteiger partial charge in [-0.2, -0.15) is 0 Å². The van der Waals surface area contributed by atoms with Gasteiger partial charge in [0.15, 0.2) is 9.84 Å². The molecular formula is C14H21BrN2O2S. The second-order valence-electron chi connectivity index (χ2n) is 5.45. The molecule has 1 fully saturated rings. The van der Waals surface area contributed by atoms with Crippen molar-refractivity contribution >= 4 is 31.5 Å². The lowest BCUT2D eigenvalue weighted by Gasteiger charge is -2.29. The molecule has 0 unspecified atom stereocenters. The summed E-state index contributed by atoms with van der Waals surface area (Å²) in [6, 6.07) is 6.70. The Morgan fingerprint density at radius 2 is 1.95 bits per heavy atom. The van der Waals surface area contributed by atoms with Gasteiger partial charge in [-0.1, -0.05) is 35.8 Å². The zero-order valence-corrected chi connectivity index (χ0v) is 14.3. The van der Waals surface area contributed by atoms with Gasteiger partial charge in [0.1, 0.15) is 0 Å². The maximum absolute atomic E-state index is 11.5. The maximum atomic E-state index is 11.5. The summed E-state index contributed by atoms with van der Waals surface area (Å²) in [7, 11) is -2.82. The first-order valence-electron chi connectivity index (χ1n) is 6.84. The monoisotopic (exact) mass is 360 g/mol. The molecule has 1 aliphatic heterocycles. The molecule has 4 nitrogen and oxygen atoms in total. The Bertz CT molecular complexity index is 559. The van der Waals surface area contributed by atoms with Crippen LogP contribution >= 0.6 is 15.9 Å². The molecule has 1 saturated heterocycles. The summed E-state index contributed by atoms with van der Waals surface area (Å²) < 4.78 is 24.0. The van der Waals surface area contributed by atoms with E-state index in [9.17, 15) is 8.42 Å². The Labute approximate surface area is 129 Å². The predicted octanol–water partition coefficient (Wildman–Crippen LogP) is 2.18. The van der Waals surface area contributed by atoms with Crippen molar-refractivity contribution in [2.24, 2.45) is 0 Å². The molecule has 112 valence electrons. The zero-order chi connectivity index (χ0) is 14.8. The molecule has 0 spiro atoms. The number of anilines is 1. The fourth-order valence-corrected chi connectivity index (χ4v) is 3.87. The minimum Gasteiger partial charge on any atom is -0.369 e. The number of benzene rings is 1. The van der Waals surface area contributed by atoms with Gasteiger partial charge in [-0.05, 0) is 17.7 Å². The van der Waals surface area contributed by atoms with E-state index in [-0.39, 0.29) is 11.5 Å². The summed E-state index contributed by atoms with van der Waals surface area (Å²) in [5.41, 5.74) is 2.30. The standard InChI is InChI=1S/C14H21BrN2O2S/c1-11(2)16-10-12-3-4-13(9-14(12)15)17-5-7-20(18,19)8-6-17/h3-4,9,11,16H,5-8,10H2,1-2H3. The highest BCUT2D eigenvalue weighted by Crippen LogP contribution is 2.25. The van der Waals surface area contributed by atoms with Crippen LogP contribution in [-0.2, 0) is 16.4 Å². The molecular weight excluding hydrogens is 340 g/mol. The molecule has 1 aromatic rings. The van der Waals surface area contributed by atoms with E-state index < -0.39 is 9.84 Å². The average Bonchev–Trinajstić information content (AvgIpc) is 2.37. The van der Waals surface area contributed by atoms with Crippen LogP contribution in [0.1, 0.15) is 19.4 Å². The molecule has 1 heterocycles. The van der Waals surface area contributed by atoms with E-state index >= 15 is 0 Å². The van der Waals surface area contributed by atoms with E-state index in [2.05, 4.69) is 58.2 Å². The molecule has 1 aliphatic rings. The van der Waals surface area contributed by atoms with Crippen LogP contribution in [0.4, 0.5) is 5.69 Å². The second kappa shape index (κ2) is 6.45. The van der Waals surface area contributed by atoms with Crippen LogP contribution in [0.5, 0.6) is 0 Å². The number of halogens is 1. The molecule has 0 amide bonds. The van der Waals surface area contributed by atoms with Crippen molar-refractivity contribution in [1.29, 1.82) is 0 Å². The normalized spacial score (nSPS) is 18.5. The summed E-state index contributed by atoms with van der Waals surface area (Å²) in [4.78, 5) is 2.13. The third-order valence-electron chi connectivity index (χ3n) is 3.45. The first kappa shape index (κ1) is 15.8. The number of rotatable bonds is 4. The molecule has 20 heavy (non-hydrogen) atoms. The van der Waals surface area contributed by atoms with Crippen LogP contribution in [0, 0.1) is 0 Å². The highest BCUT2D eigenvalue weighted by molar-refractivity contribution is 9.10. The average molecular weight is 361 g/mol. The summed E-state index contributed by atoms with van der Waals surface area (Å²) in [6.45, 7) is 6.23. The van der Waals surface area contributed by atoms with Crippen molar-refractivity contribution < 1.29 is 8.42 Å². The van der Waals surface area contributed by atoms with Crippen molar-refractivity contribution in [2.45, 2.75) is 26.4 Å². The van der Waals surface area contributed by atoms with Gasteiger partial charge < -0.3 is 10.2 Å². The smallest absolute Gasteiger partial charge is 0.153 e. The topological polar surface area (TPSA) is 49.4 Å². The van der Waals surface area contributed by atoms with Gasteiger partial charge in [0.05, 0.1) is 11.5 Å². The van der Waals surface area contributed by atoms with E-state index in [0.29, 0.717) is 19.1 Å². The second-order valence-corrected chi connectivity index (χ2v) is 8.61. The van der Waals surface area contributed by atoms with E-state index in [4.69, 9.17) is 0 Å². The molecule has 0 atom stereocenters. The maximum Gasteiger partial charge on any atom is 0.153 e. The molecule has 0 saturated carbocycles. The fourth-order valence-electron chi connectivity index (χ4n) is 2.16. The Morgan fingerprint density at radius 1 is 1.30 bits per heavy atom. The lowest BCUT2D eigenvalue weighted by Crippen LogP contribution is -2.40. The summed E-state index contributed by atoms with van der Waals surface area (Å²) in [6.07, 6.45) is 0. The minimum absolute atomic E-state index is 0.251. The van der Waals surface area contributed by atoms with Crippen LogP contribution in [-0.4, -0.2) is 39.1 Å². The van der Waals surface area contributed by atoms with E-state index in [1.54, 1.807) is 0 Å². The Hall–Kier alpha value is -0.590. The molecule has 0 bridgehead atoms. The van der Waals surface area contributed by atoms with E-state index in [0.717, 1.165) is 16.7 Å². The summed E-state index contributed by atoms with van der Waals surface area (Å²) in [5, 5.41) is 3.39. The van der Waals surface area contributed by atoms with Crippen molar-refractivity contribution in [3.63, 3.8) is 0 Å². The summed E-state index contributed by atoms with van der Waals surface area (Å²) in [5.74, 6) is 0.503. The van der Waals surface area contributed by atoms with Gasteiger partial charge in [-0.3, -0.25) is 0 Å². The molecule has 0 radical (unpaired) electrons. The van der Waals surface area contributed by atoms with Gasteiger partial charge in [0, 0.05) is 35.8 Å². The quantitative estimate of drug-likeness (QED) is 0.893. The SMILES string of the molecule is CC(C)NCc1ccc(N2CCS(=O)(=O)CC2)cc1Br. The molecule has 0 aromatic heterocycles. The highest BCUT2D eigenvalue weighted by Gasteiger charge is 2.22. The third-order valence-corrected chi connectivity index (χ3v) is 5.79. The third kappa shape index (κ3) is 4.20. The van der Waals surface area contributed by atoms with Crippen LogP contribution in [0.3, 0.4) is 0 Å². The minimum atomic E-state index is -2.82. The van der Waals surface area contributed by atoms with E-state index in [1.807, 2.05) is 0 Å². The molecule has 1 aromatic carbocycles. The lowest BCUT2D eigenvalue weighted by atomic mass is 10.2. The van der Waals surface area contributed by atoms with Crippen molar-refractivity contribution in [3.8, 4) is 0 Å². The van der Waals surface area contributed by atoms with Gasteiger partial charge >= 0.3 is 0 Å². The zero-order valence-electron chi connectivity index (χ0n) is 11.9. The first-order chi connectivity index (χ1) is 9.37. The lowest BCUT2D eigenvalue weighted by molar-refractivity contribution is 0.586. The van der Waals surface area contributed by atoms with Crippen LogP contribution in [0.2, 0.25) is 0 Å². The molecule has 0 aliphatic carbocycles. The van der Waals surface area contributed by atoms with Crippen LogP contribution in [0.15, 0.2) is 22.7 Å². The number of hydrogen-bond donors (Lipinski definition) is 1. The van der Waals surface area contributed by atoms with Crippen molar-refractivity contribution in [1.82, 2.24) is 5.32 Å². The van der Waals surface area contributed by atoms with Crippen molar-refractivity contribution in [2.75, 3.05) is 29.5 Å². The number of nitrogens with zero attached hydrogens (tertiary/aromatic N) is 1. The Morgan fingerprint density at radius 3 is 2.50 bits per heavy atom. The molecule has 6 heteroatoms. The molecule has 2 rings (SSSR count). The van der Waals surface area contributed by atoms with Crippen molar-refractivity contribution in [3.05, 3.63) is 28.2 Å². The van der Waals surface area contributed by atoms with Crippen LogP contribution < -0.4 is 10.2 Å². The number of sulfone groups is 1. The molecule has 1 N–H and O–H groups in total. The first-order valence-corrected chi connectivity index (χ1v) is 9.46. The Kier molecular flexibility index (Phi) is 5.09. The summed E-state index contributed by atoms with van der Waals surface area (Å²) >= 11 is 3.60. The van der Waals surface area contributed by atoms with Gasteiger partial charge in [0.2, 0.25) is 0 Å². The van der Waals surface area contributed by atoms with Gasteiger partial charge in [0.25, 0.3) is 0 Å². The number of nitrogens with one attached hydrogen (secondary N) is 1. The largest absolute Gasteiger partial charge is 0.369 e. The number of hydrogen-bond acceptors (Lipinski definition) is 4. The fraction of sp³-hybridized carbons (Fsp3) is 0.571. The van der Waals surface area contributed by atoms with Crippen LogP contribution in [0.25, 0.3) is 0 Å². The highest BCUT2D eigenvalue weighted by atomic mass is 79.9. The van der Waals surface area contributed by atoms with Gasteiger partial charge in [-0.15, -0.1) is 0 Å². The van der Waals surface area contributed by atoms with Gasteiger partial charge in [-0.25, -0.2) is 8.42 Å². The Balaban J connectivity index is 2.05. The predicted molar refractivity (Wildman–Crippen MR) is 87.0 cm³/mol.